The van der Waals surface area contributed by atoms with Crippen LogP contribution in [0.4, 0.5) is 4.39 Å². The van der Waals surface area contributed by atoms with Crippen molar-refractivity contribution in [3.63, 3.8) is 0 Å². The van der Waals surface area contributed by atoms with E-state index in [9.17, 15) is 19.1 Å². The Morgan fingerprint density at radius 3 is 2.68 bits per heavy atom. The normalized spacial score (nSPS) is 18.4. The van der Waals surface area contributed by atoms with E-state index in [2.05, 4.69) is 0 Å². The predicted octanol–water partition coefficient (Wildman–Crippen LogP) is -0.725. The fraction of sp³-hybridized carbons (Fsp3) is 0.636. The molecule has 0 spiro atoms. The first-order chi connectivity index (χ1) is 9.00. The zero-order valence-corrected chi connectivity index (χ0v) is 10.6. The second-order valence-corrected chi connectivity index (χ2v) is 4.53. The molecule has 1 atom stereocenters. The number of aromatic amines is 1. The number of aromatic hydroxyl groups is 1. The first kappa shape index (κ1) is 13.8. The molecular formula is C11H16FN3O4. The van der Waals surface area contributed by atoms with Gasteiger partial charge in [-0.15, -0.1) is 0 Å². The van der Waals surface area contributed by atoms with Crippen molar-refractivity contribution in [3.05, 3.63) is 26.7 Å². The van der Waals surface area contributed by atoms with Crippen molar-refractivity contribution in [1.82, 2.24) is 14.5 Å². The van der Waals surface area contributed by atoms with Gasteiger partial charge >= 0.3 is 5.69 Å². The Bertz CT molecular complexity index is 562. The maximum atomic E-state index is 13.3. The fourth-order valence-electron chi connectivity index (χ4n) is 2.16. The Labute approximate surface area is 108 Å². The third-order valence-electron chi connectivity index (χ3n) is 3.13. The SMILES string of the molecule is CC(CN1CCOCC1)n1c(O)c(F)c(=O)[nH]c1=O. The monoisotopic (exact) mass is 273 g/mol. The van der Waals surface area contributed by atoms with E-state index >= 15 is 0 Å². The highest BCUT2D eigenvalue weighted by Crippen LogP contribution is 2.15. The van der Waals surface area contributed by atoms with Crippen LogP contribution < -0.4 is 11.2 Å². The van der Waals surface area contributed by atoms with E-state index in [0.29, 0.717) is 32.8 Å². The Morgan fingerprint density at radius 1 is 1.42 bits per heavy atom. The Hall–Kier alpha value is -1.67. The van der Waals surface area contributed by atoms with Crippen LogP contribution in [-0.2, 0) is 4.74 Å². The maximum absolute atomic E-state index is 13.3. The smallest absolute Gasteiger partial charge is 0.331 e. The quantitative estimate of drug-likeness (QED) is 0.758. The van der Waals surface area contributed by atoms with Crippen LogP contribution in [-0.4, -0.2) is 52.4 Å². The summed E-state index contributed by atoms with van der Waals surface area (Å²) in [4.78, 5) is 26.5. The van der Waals surface area contributed by atoms with Gasteiger partial charge in [-0.2, -0.15) is 4.39 Å². The molecule has 19 heavy (non-hydrogen) atoms. The standard InChI is InChI=1S/C11H16FN3O4/c1-7(6-14-2-4-19-5-3-14)15-10(17)8(12)9(16)13-11(15)18/h7,17H,2-6H2,1H3,(H,13,16,18). The van der Waals surface area contributed by atoms with Crippen molar-refractivity contribution in [2.45, 2.75) is 13.0 Å². The van der Waals surface area contributed by atoms with Crippen LogP contribution >= 0.6 is 0 Å². The highest BCUT2D eigenvalue weighted by atomic mass is 19.1. The van der Waals surface area contributed by atoms with Crippen molar-refractivity contribution in [3.8, 4) is 5.88 Å². The molecular weight excluding hydrogens is 257 g/mol. The summed E-state index contributed by atoms with van der Waals surface area (Å²) < 4.78 is 19.4. The van der Waals surface area contributed by atoms with Gasteiger partial charge in [0.15, 0.2) is 0 Å². The van der Waals surface area contributed by atoms with E-state index in [1.807, 2.05) is 9.88 Å². The van der Waals surface area contributed by atoms with Gasteiger partial charge < -0.3 is 9.84 Å². The fourth-order valence-corrected chi connectivity index (χ4v) is 2.16. The molecule has 2 N–H and O–H groups in total. The number of H-pyrrole nitrogens is 1. The van der Waals surface area contributed by atoms with Crippen molar-refractivity contribution in [2.75, 3.05) is 32.8 Å². The molecule has 0 aromatic carbocycles. The summed E-state index contributed by atoms with van der Waals surface area (Å²) >= 11 is 0. The van der Waals surface area contributed by atoms with Crippen molar-refractivity contribution < 1.29 is 14.2 Å². The second kappa shape index (κ2) is 5.54. The van der Waals surface area contributed by atoms with E-state index in [-0.39, 0.29) is 0 Å². The number of aromatic nitrogens is 2. The van der Waals surface area contributed by atoms with Crippen LogP contribution in [0, 0.1) is 5.82 Å². The largest absolute Gasteiger partial charge is 0.492 e. The Balaban J connectivity index is 2.23. The number of hydrogen-bond donors (Lipinski definition) is 2. The van der Waals surface area contributed by atoms with Gasteiger partial charge in [0, 0.05) is 19.6 Å². The van der Waals surface area contributed by atoms with Gasteiger partial charge in [0.1, 0.15) is 0 Å². The summed E-state index contributed by atoms with van der Waals surface area (Å²) in [6, 6.07) is -0.461. The number of hydrogen-bond acceptors (Lipinski definition) is 5. The summed E-state index contributed by atoms with van der Waals surface area (Å²) in [5, 5.41) is 9.58. The molecule has 106 valence electrons. The van der Waals surface area contributed by atoms with Gasteiger partial charge in [-0.05, 0) is 6.92 Å². The summed E-state index contributed by atoms with van der Waals surface area (Å²) in [6.07, 6.45) is 0. The molecule has 1 aromatic rings. The van der Waals surface area contributed by atoms with Gasteiger partial charge in [-0.25, -0.2) is 4.79 Å². The van der Waals surface area contributed by atoms with E-state index in [0.717, 1.165) is 4.57 Å². The predicted molar refractivity (Wildman–Crippen MR) is 64.9 cm³/mol. The van der Waals surface area contributed by atoms with Crippen LogP contribution in [0.2, 0.25) is 0 Å². The minimum atomic E-state index is -1.34. The van der Waals surface area contributed by atoms with Crippen molar-refractivity contribution >= 4 is 0 Å². The van der Waals surface area contributed by atoms with Crippen LogP contribution in [0.1, 0.15) is 13.0 Å². The molecule has 1 aliphatic heterocycles. The van der Waals surface area contributed by atoms with Crippen LogP contribution in [0.5, 0.6) is 5.88 Å². The summed E-state index contributed by atoms with van der Waals surface area (Å²) in [7, 11) is 0. The zero-order valence-electron chi connectivity index (χ0n) is 10.6. The van der Waals surface area contributed by atoms with Crippen LogP contribution in [0.25, 0.3) is 0 Å². The minimum Gasteiger partial charge on any atom is -0.492 e. The molecule has 0 bridgehead atoms. The maximum Gasteiger partial charge on any atom is 0.331 e. The average molecular weight is 273 g/mol. The molecule has 7 nitrogen and oxygen atoms in total. The zero-order chi connectivity index (χ0) is 14.0. The summed E-state index contributed by atoms with van der Waals surface area (Å²) in [6.45, 7) is 4.77. The third-order valence-corrected chi connectivity index (χ3v) is 3.13. The first-order valence-corrected chi connectivity index (χ1v) is 6.04. The van der Waals surface area contributed by atoms with E-state index in [4.69, 9.17) is 4.74 Å². The summed E-state index contributed by atoms with van der Waals surface area (Å²) in [5.74, 6) is -2.26. The number of ether oxygens (including phenoxy) is 1. The first-order valence-electron chi connectivity index (χ1n) is 6.04. The van der Waals surface area contributed by atoms with Gasteiger partial charge in [0.05, 0.1) is 19.3 Å². The lowest BCUT2D eigenvalue weighted by atomic mass is 10.2. The number of halogens is 1. The van der Waals surface area contributed by atoms with E-state index in [1.165, 1.54) is 0 Å². The Morgan fingerprint density at radius 2 is 2.05 bits per heavy atom. The molecule has 1 aliphatic rings. The number of nitrogens with zero attached hydrogens (tertiary/aromatic N) is 2. The molecule has 8 heteroatoms. The molecule has 1 aromatic heterocycles. The molecule has 0 saturated carbocycles. The number of nitrogens with one attached hydrogen (secondary N) is 1. The molecule has 2 heterocycles. The van der Waals surface area contributed by atoms with Gasteiger partial charge in [0.2, 0.25) is 11.7 Å². The molecule has 0 aliphatic carbocycles. The lowest BCUT2D eigenvalue weighted by molar-refractivity contribution is 0.0318. The molecule has 0 amide bonds. The Kier molecular flexibility index (Phi) is 4.01. The van der Waals surface area contributed by atoms with Gasteiger partial charge in [-0.3, -0.25) is 19.2 Å². The lowest BCUT2D eigenvalue weighted by Gasteiger charge is -2.29. The lowest BCUT2D eigenvalue weighted by Crippen LogP contribution is -2.42. The molecule has 1 saturated heterocycles. The third kappa shape index (κ3) is 2.85. The number of morpholine rings is 1. The highest BCUT2D eigenvalue weighted by molar-refractivity contribution is 5.10. The second-order valence-electron chi connectivity index (χ2n) is 4.53. The van der Waals surface area contributed by atoms with Crippen LogP contribution in [0.15, 0.2) is 9.59 Å². The molecule has 1 fully saturated rings. The van der Waals surface area contributed by atoms with Gasteiger partial charge in [0.25, 0.3) is 5.56 Å². The molecule has 0 radical (unpaired) electrons. The highest BCUT2D eigenvalue weighted by Gasteiger charge is 2.21. The summed E-state index contributed by atoms with van der Waals surface area (Å²) in [5.41, 5.74) is -2.03. The van der Waals surface area contributed by atoms with E-state index < -0.39 is 29.0 Å². The topological polar surface area (TPSA) is 87.6 Å². The average Bonchev–Trinajstić information content (AvgIpc) is 2.37. The van der Waals surface area contributed by atoms with Crippen molar-refractivity contribution in [1.29, 1.82) is 0 Å². The number of rotatable bonds is 3. The van der Waals surface area contributed by atoms with E-state index in [1.54, 1.807) is 6.92 Å². The molecule has 2 rings (SSSR count). The van der Waals surface area contributed by atoms with Crippen molar-refractivity contribution in [2.24, 2.45) is 0 Å². The van der Waals surface area contributed by atoms with Crippen LogP contribution in [0.3, 0.4) is 0 Å². The molecule has 1 unspecified atom stereocenters. The minimum absolute atomic E-state index is 0.461. The van der Waals surface area contributed by atoms with Gasteiger partial charge in [-0.1, -0.05) is 0 Å².